The Morgan fingerprint density at radius 1 is 0.446 bits per heavy atom. The summed E-state index contributed by atoms with van der Waals surface area (Å²) >= 11 is 11.0. The molecule has 0 unspecified atom stereocenters. The van der Waals surface area contributed by atoms with Crippen molar-refractivity contribution in [1.29, 1.82) is 0 Å². The molecular formula is C48H52Br2N4S2. The molecule has 8 bridgehead atoms. The summed E-state index contributed by atoms with van der Waals surface area (Å²) in [4.78, 5) is 24.2. The summed E-state index contributed by atoms with van der Waals surface area (Å²) in [6.07, 6.45) is 7.32. The number of hydrogen-bond donors (Lipinski definition) is 2. The van der Waals surface area contributed by atoms with Crippen molar-refractivity contribution in [1.82, 2.24) is 19.9 Å². The van der Waals surface area contributed by atoms with E-state index >= 15 is 0 Å². The number of fused-ring (bicyclic) bond motifs is 8. The molecule has 2 aliphatic rings. The number of halogens is 2. The van der Waals surface area contributed by atoms with Gasteiger partial charge in [-0.2, -0.15) is 0 Å². The van der Waals surface area contributed by atoms with E-state index in [1.165, 1.54) is 75.2 Å². The predicted octanol–water partition coefficient (Wildman–Crippen LogP) is 15.9. The Kier molecular flexibility index (Phi) is 12.9. The Labute approximate surface area is 358 Å². The number of aryl methyl sites for hydroxylation is 4. The number of hydrogen-bond acceptors (Lipinski definition) is 4. The summed E-state index contributed by atoms with van der Waals surface area (Å²) in [5.74, 6) is 0. The Bertz CT molecular complexity index is 2350. The smallest absolute Gasteiger partial charge is 0.0833 e. The highest BCUT2D eigenvalue weighted by Crippen LogP contribution is 2.47. The summed E-state index contributed by atoms with van der Waals surface area (Å²) in [5.41, 5.74) is 19.8. The minimum absolute atomic E-state index is 0.906. The van der Waals surface area contributed by atoms with Gasteiger partial charge in [0, 0.05) is 29.8 Å². The predicted molar refractivity (Wildman–Crippen MR) is 250 cm³/mol. The zero-order valence-electron chi connectivity index (χ0n) is 33.9. The molecule has 4 nitrogen and oxygen atoms in total. The molecule has 7 rings (SSSR count). The summed E-state index contributed by atoms with van der Waals surface area (Å²) in [6.45, 7) is 18.3. The standard InChI is InChI=1S/C48H52Br2N4S2/c1-9-31-35(13-5)43-47(55-29-21-17-27(49)18-22-29)44-37(15-7)33(11-3)41(53-44)26-42-34(12-4)38(16-8)46(54-42)48(56-30-23-19-28(50)20-24-30)45-36(14-6)32(10-2)40(52-45)25-39(31)51-43/h17-26,51,54H,9-16H2,1-8H3. The molecule has 0 radical (unpaired) electrons. The Morgan fingerprint density at radius 2 is 0.786 bits per heavy atom. The van der Waals surface area contributed by atoms with Gasteiger partial charge in [-0.3, -0.25) is 0 Å². The topological polar surface area (TPSA) is 57.4 Å². The highest BCUT2D eigenvalue weighted by Gasteiger charge is 2.27. The molecule has 2 aromatic carbocycles. The fourth-order valence-electron chi connectivity index (χ4n) is 8.64. The van der Waals surface area contributed by atoms with Gasteiger partial charge in [-0.1, -0.05) is 111 Å². The van der Waals surface area contributed by atoms with Crippen molar-refractivity contribution in [2.75, 3.05) is 0 Å². The zero-order chi connectivity index (χ0) is 39.7. The molecule has 0 saturated carbocycles. The van der Waals surface area contributed by atoms with Crippen LogP contribution in [-0.4, -0.2) is 19.9 Å². The number of nitrogens with zero attached hydrogens (tertiary/aromatic N) is 2. The van der Waals surface area contributed by atoms with Crippen LogP contribution in [0.2, 0.25) is 0 Å². The number of aromatic amines is 2. The van der Waals surface area contributed by atoms with E-state index in [2.05, 4.69) is 158 Å². The zero-order valence-corrected chi connectivity index (χ0v) is 38.7. The molecule has 3 aromatic heterocycles. The maximum absolute atomic E-state index is 5.67. The molecular weight excluding hydrogens is 856 g/mol. The van der Waals surface area contributed by atoms with E-state index in [0.717, 1.165) is 94.1 Å². The highest BCUT2D eigenvalue weighted by atomic mass is 79.9. The Hall–Kier alpha value is -3.30. The van der Waals surface area contributed by atoms with Crippen LogP contribution in [0.1, 0.15) is 126 Å². The van der Waals surface area contributed by atoms with Crippen LogP contribution in [0, 0.1) is 0 Å². The lowest BCUT2D eigenvalue weighted by Crippen LogP contribution is -1.91. The number of H-pyrrole nitrogens is 2. The van der Waals surface area contributed by atoms with Crippen molar-refractivity contribution < 1.29 is 0 Å². The lowest BCUT2D eigenvalue weighted by Gasteiger charge is -2.10. The Morgan fingerprint density at radius 3 is 1.09 bits per heavy atom. The highest BCUT2D eigenvalue weighted by molar-refractivity contribution is 9.10. The molecule has 2 aliphatic heterocycles. The van der Waals surface area contributed by atoms with Gasteiger partial charge in [0.05, 0.1) is 43.6 Å². The van der Waals surface area contributed by atoms with Crippen LogP contribution in [-0.2, 0) is 25.7 Å². The van der Waals surface area contributed by atoms with Crippen LogP contribution < -0.4 is 0 Å². The fraction of sp³-hybridized carbons (Fsp3) is 0.333. The molecule has 5 heterocycles. The molecule has 56 heavy (non-hydrogen) atoms. The normalized spacial score (nSPS) is 13.0. The molecule has 8 heteroatoms. The average Bonchev–Trinajstić information content (AvgIpc) is 3.96. The van der Waals surface area contributed by atoms with Gasteiger partial charge in [-0.15, -0.1) is 0 Å². The molecule has 5 aromatic rings. The van der Waals surface area contributed by atoms with Crippen molar-refractivity contribution in [2.24, 2.45) is 0 Å². The second-order valence-corrected chi connectivity index (χ2v) is 18.2. The van der Waals surface area contributed by atoms with E-state index in [1.54, 1.807) is 0 Å². The third-order valence-electron chi connectivity index (χ3n) is 11.2. The van der Waals surface area contributed by atoms with Crippen LogP contribution in [0.4, 0.5) is 0 Å². The molecule has 0 spiro atoms. The van der Waals surface area contributed by atoms with Gasteiger partial charge in [0.15, 0.2) is 0 Å². The average molecular weight is 909 g/mol. The van der Waals surface area contributed by atoms with Gasteiger partial charge in [0.1, 0.15) is 0 Å². The Balaban J connectivity index is 1.73. The molecule has 2 N–H and O–H groups in total. The maximum Gasteiger partial charge on any atom is 0.0833 e. The minimum Gasteiger partial charge on any atom is -0.354 e. The number of rotatable bonds is 12. The van der Waals surface area contributed by atoms with Gasteiger partial charge in [-0.05, 0) is 157 Å². The number of nitrogens with one attached hydrogen (secondary N) is 2. The number of benzene rings is 2. The molecule has 0 amide bonds. The van der Waals surface area contributed by atoms with Crippen molar-refractivity contribution in [2.45, 2.75) is 126 Å². The summed E-state index contributed by atoms with van der Waals surface area (Å²) in [7, 11) is 0. The minimum atomic E-state index is 0.906. The monoisotopic (exact) mass is 906 g/mol. The van der Waals surface area contributed by atoms with Crippen molar-refractivity contribution in [3.05, 3.63) is 115 Å². The van der Waals surface area contributed by atoms with Gasteiger partial charge < -0.3 is 9.97 Å². The van der Waals surface area contributed by atoms with E-state index in [1.807, 2.05) is 23.5 Å². The third kappa shape index (κ3) is 7.56. The maximum atomic E-state index is 5.67. The van der Waals surface area contributed by atoms with E-state index < -0.39 is 0 Å². The first-order chi connectivity index (χ1) is 27.2. The second-order valence-electron chi connectivity index (χ2n) is 14.2. The summed E-state index contributed by atoms with van der Waals surface area (Å²) < 4.78 is 2.16. The lowest BCUT2D eigenvalue weighted by molar-refractivity contribution is 1.06. The SMILES string of the molecule is CCC1=C(CC)c2nc1cc1[nH]c(c(CC)c1CC)c(Sc1ccc(Br)cc1)c1nc(cc3[nH]c(c(CC)c3CC)c2Sc2ccc(Br)cc2)C(CC)=C1CC. The van der Waals surface area contributed by atoms with E-state index in [-0.39, 0.29) is 0 Å². The van der Waals surface area contributed by atoms with Crippen LogP contribution >= 0.6 is 55.4 Å². The number of allylic oxidation sites excluding steroid dienone is 4. The lowest BCUT2D eigenvalue weighted by atomic mass is 9.98. The van der Waals surface area contributed by atoms with Crippen LogP contribution in [0.3, 0.4) is 0 Å². The summed E-state index contributed by atoms with van der Waals surface area (Å²) in [5, 5.41) is 0. The van der Waals surface area contributed by atoms with Gasteiger partial charge in [-0.25, -0.2) is 9.97 Å². The van der Waals surface area contributed by atoms with E-state index in [9.17, 15) is 0 Å². The van der Waals surface area contributed by atoms with Crippen LogP contribution in [0.25, 0.3) is 44.4 Å². The van der Waals surface area contributed by atoms with Gasteiger partial charge in [0.25, 0.3) is 0 Å². The largest absolute Gasteiger partial charge is 0.354 e. The third-order valence-corrected chi connectivity index (χ3v) is 14.5. The first-order valence-corrected chi connectivity index (χ1v) is 23.6. The first-order valence-electron chi connectivity index (χ1n) is 20.4. The quantitative estimate of drug-likeness (QED) is 0.131. The van der Waals surface area contributed by atoms with Crippen molar-refractivity contribution in [3.63, 3.8) is 0 Å². The molecule has 0 atom stereocenters. The van der Waals surface area contributed by atoms with E-state index in [0.29, 0.717) is 0 Å². The second kappa shape index (κ2) is 17.7. The van der Waals surface area contributed by atoms with E-state index in [4.69, 9.17) is 9.97 Å². The van der Waals surface area contributed by atoms with Crippen LogP contribution in [0.5, 0.6) is 0 Å². The van der Waals surface area contributed by atoms with Crippen molar-refractivity contribution >= 4 is 99.7 Å². The van der Waals surface area contributed by atoms with Gasteiger partial charge >= 0.3 is 0 Å². The first kappa shape index (κ1) is 40.9. The number of aromatic nitrogens is 4. The van der Waals surface area contributed by atoms with Crippen molar-refractivity contribution in [3.8, 4) is 0 Å². The molecule has 0 saturated heterocycles. The molecule has 290 valence electrons. The summed E-state index contributed by atoms with van der Waals surface area (Å²) in [6, 6.07) is 22.1. The molecule has 0 fully saturated rings. The van der Waals surface area contributed by atoms with Crippen LogP contribution in [0.15, 0.2) is 89.2 Å². The molecule has 0 aliphatic carbocycles. The van der Waals surface area contributed by atoms with Gasteiger partial charge in [0.2, 0.25) is 0 Å². The fourth-order valence-corrected chi connectivity index (χ4v) is 11.3.